The third-order valence-electron chi connectivity index (χ3n) is 4.16. The number of aliphatic hydroxyl groups excluding tert-OH is 1. The molecular formula is C14H24N2O4. The highest BCUT2D eigenvalue weighted by atomic mass is 16.5. The summed E-state index contributed by atoms with van der Waals surface area (Å²) >= 11 is 0. The Morgan fingerprint density at radius 1 is 1.30 bits per heavy atom. The molecule has 2 heterocycles. The molecule has 0 atom stereocenters. The van der Waals surface area contributed by atoms with Crippen molar-refractivity contribution in [2.45, 2.75) is 44.1 Å². The normalized spacial score (nSPS) is 23.2. The number of carbonyl (C=O) groups excluding carboxylic acids is 2. The van der Waals surface area contributed by atoms with E-state index in [1.165, 1.54) is 0 Å². The van der Waals surface area contributed by atoms with Crippen LogP contribution in [0.2, 0.25) is 0 Å². The van der Waals surface area contributed by atoms with Crippen LogP contribution in [0.25, 0.3) is 0 Å². The molecule has 2 fully saturated rings. The van der Waals surface area contributed by atoms with Gasteiger partial charge in [-0.25, -0.2) is 0 Å². The number of nitrogens with zero attached hydrogens (tertiary/aromatic N) is 1. The van der Waals surface area contributed by atoms with Crippen LogP contribution in [0.5, 0.6) is 0 Å². The minimum atomic E-state index is -0.579. The third-order valence-corrected chi connectivity index (χ3v) is 4.16. The first-order valence-electron chi connectivity index (χ1n) is 7.43. The van der Waals surface area contributed by atoms with Gasteiger partial charge in [-0.3, -0.25) is 9.59 Å². The van der Waals surface area contributed by atoms with Gasteiger partial charge in [0.2, 0.25) is 11.8 Å². The van der Waals surface area contributed by atoms with Gasteiger partial charge in [0, 0.05) is 26.2 Å². The molecule has 0 aliphatic carbocycles. The second-order valence-corrected chi connectivity index (χ2v) is 5.72. The smallest absolute Gasteiger partial charge is 0.240 e. The van der Waals surface area contributed by atoms with Gasteiger partial charge in [-0.2, -0.15) is 0 Å². The molecule has 0 spiro atoms. The monoisotopic (exact) mass is 284 g/mol. The quantitative estimate of drug-likeness (QED) is 0.764. The van der Waals surface area contributed by atoms with E-state index < -0.39 is 5.54 Å². The standard InChI is InChI=1S/C14H24N2O4/c17-11-14(5-8-20-9-6-14)15-12(18)10-16-7-3-1-2-4-13(16)19/h17H,1-11H2,(H,15,18). The largest absolute Gasteiger partial charge is 0.394 e. The Morgan fingerprint density at radius 3 is 2.75 bits per heavy atom. The highest BCUT2D eigenvalue weighted by molar-refractivity contribution is 5.85. The lowest BCUT2D eigenvalue weighted by Crippen LogP contribution is -2.56. The van der Waals surface area contributed by atoms with E-state index in [0.29, 0.717) is 39.0 Å². The van der Waals surface area contributed by atoms with E-state index in [1.54, 1.807) is 4.90 Å². The summed E-state index contributed by atoms with van der Waals surface area (Å²) in [6, 6.07) is 0. The van der Waals surface area contributed by atoms with Gasteiger partial charge in [0.1, 0.15) is 0 Å². The SMILES string of the molecule is O=C(CN1CCCCCC1=O)NC1(CO)CCOCC1. The van der Waals surface area contributed by atoms with Crippen molar-refractivity contribution in [1.29, 1.82) is 0 Å². The summed E-state index contributed by atoms with van der Waals surface area (Å²) < 4.78 is 5.26. The molecular weight excluding hydrogens is 260 g/mol. The maximum Gasteiger partial charge on any atom is 0.240 e. The van der Waals surface area contributed by atoms with Crippen LogP contribution in [-0.2, 0) is 14.3 Å². The Morgan fingerprint density at radius 2 is 2.05 bits per heavy atom. The lowest BCUT2D eigenvalue weighted by Gasteiger charge is -2.36. The molecule has 2 rings (SSSR count). The molecule has 0 bridgehead atoms. The van der Waals surface area contributed by atoms with Crippen LogP contribution < -0.4 is 5.32 Å². The number of nitrogens with one attached hydrogen (secondary N) is 1. The van der Waals surface area contributed by atoms with E-state index >= 15 is 0 Å². The number of hydrogen-bond acceptors (Lipinski definition) is 4. The number of aliphatic hydroxyl groups is 1. The molecule has 0 aromatic carbocycles. The zero-order valence-electron chi connectivity index (χ0n) is 11.9. The third kappa shape index (κ3) is 3.93. The second-order valence-electron chi connectivity index (χ2n) is 5.72. The van der Waals surface area contributed by atoms with E-state index in [-0.39, 0.29) is 25.0 Å². The Bertz CT molecular complexity index is 353. The van der Waals surface area contributed by atoms with E-state index in [9.17, 15) is 14.7 Å². The van der Waals surface area contributed by atoms with Crippen LogP contribution in [0.1, 0.15) is 38.5 Å². The Labute approximate surface area is 119 Å². The fourth-order valence-corrected chi connectivity index (χ4v) is 2.80. The van der Waals surface area contributed by atoms with Gasteiger partial charge >= 0.3 is 0 Å². The fraction of sp³-hybridized carbons (Fsp3) is 0.857. The lowest BCUT2D eigenvalue weighted by atomic mass is 9.91. The first-order chi connectivity index (χ1) is 9.65. The summed E-state index contributed by atoms with van der Waals surface area (Å²) in [5.74, 6) is -0.126. The highest BCUT2D eigenvalue weighted by Gasteiger charge is 2.34. The lowest BCUT2D eigenvalue weighted by molar-refractivity contribution is -0.137. The van der Waals surface area contributed by atoms with Gasteiger partial charge in [-0.15, -0.1) is 0 Å². The number of ether oxygens (including phenoxy) is 1. The molecule has 2 aliphatic heterocycles. The topological polar surface area (TPSA) is 78.9 Å². The highest BCUT2D eigenvalue weighted by Crippen LogP contribution is 2.20. The van der Waals surface area contributed by atoms with Crippen LogP contribution in [-0.4, -0.2) is 60.3 Å². The molecule has 2 amide bonds. The summed E-state index contributed by atoms with van der Waals surface area (Å²) in [6.07, 6.45) is 4.67. The first kappa shape index (κ1) is 15.3. The van der Waals surface area contributed by atoms with Crippen molar-refractivity contribution in [3.05, 3.63) is 0 Å². The number of rotatable bonds is 4. The van der Waals surface area contributed by atoms with Crippen LogP contribution >= 0.6 is 0 Å². The fourth-order valence-electron chi connectivity index (χ4n) is 2.80. The predicted molar refractivity (Wildman–Crippen MR) is 73.1 cm³/mol. The molecule has 20 heavy (non-hydrogen) atoms. The van der Waals surface area contributed by atoms with Crippen LogP contribution in [0.15, 0.2) is 0 Å². The number of carbonyl (C=O) groups is 2. The van der Waals surface area contributed by atoms with Gasteiger partial charge in [0.25, 0.3) is 0 Å². The average Bonchev–Trinajstić information content (AvgIpc) is 2.65. The van der Waals surface area contributed by atoms with Crippen LogP contribution in [0, 0.1) is 0 Å². The van der Waals surface area contributed by atoms with E-state index in [0.717, 1.165) is 19.3 Å². The van der Waals surface area contributed by atoms with Crippen molar-refractivity contribution in [3.63, 3.8) is 0 Å². The molecule has 0 aromatic rings. The van der Waals surface area contributed by atoms with Crippen LogP contribution in [0.4, 0.5) is 0 Å². The van der Waals surface area contributed by atoms with Crippen molar-refractivity contribution < 1.29 is 19.4 Å². The Kier molecular flexibility index (Phi) is 5.37. The molecule has 0 radical (unpaired) electrons. The van der Waals surface area contributed by atoms with Crippen LogP contribution in [0.3, 0.4) is 0 Å². The Hall–Kier alpha value is -1.14. The molecule has 0 unspecified atom stereocenters. The number of hydrogen-bond donors (Lipinski definition) is 2. The average molecular weight is 284 g/mol. The van der Waals surface area contributed by atoms with Gasteiger partial charge < -0.3 is 20.1 Å². The number of amides is 2. The van der Waals surface area contributed by atoms with E-state index in [1.807, 2.05) is 0 Å². The van der Waals surface area contributed by atoms with Gasteiger partial charge in [0.15, 0.2) is 0 Å². The Balaban J connectivity index is 1.88. The molecule has 6 nitrogen and oxygen atoms in total. The van der Waals surface area contributed by atoms with Gasteiger partial charge in [-0.1, -0.05) is 6.42 Å². The van der Waals surface area contributed by atoms with Crippen molar-refractivity contribution in [2.24, 2.45) is 0 Å². The molecule has 2 saturated heterocycles. The summed E-state index contributed by atoms with van der Waals surface area (Å²) in [4.78, 5) is 25.6. The summed E-state index contributed by atoms with van der Waals surface area (Å²) in [5, 5.41) is 12.4. The van der Waals surface area contributed by atoms with Gasteiger partial charge in [0.05, 0.1) is 18.7 Å². The molecule has 114 valence electrons. The van der Waals surface area contributed by atoms with E-state index in [4.69, 9.17) is 4.74 Å². The zero-order valence-corrected chi connectivity index (χ0v) is 11.9. The second kappa shape index (κ2) is 7.04. The molecule has 2 N–H and O–H groups in total. The first-order valence-corrected chi connectivity index (χ1v) is 7.43. The predicted octanol–water partition coefficient (Wildman–Crippen LogP) is 0.0467. The summed E-state index contributed by atoms with van der Waals surface area (Å²) in [5.41, 5.74) is -0.579. The summed E-state index contributed by atoms with van der Waals surface area (Å²) in [6.45, 7) is 1.76. The minimum absolute atomic E-state index is 0.0580. The molecule has 6 heteroatoms. The maximum absolute atomic E-state index is 12.1. The van der Waals surface area contributed by atoms with Crippen molar-refractivity contribution in [1.82, 2.24) is 10.2 Å². The minimum Gasteiger partial charge on any atom is -0.394 e. The zero-order chi connectivity index (χ0) is 14.4. The molecule has 2 aliphatic rings. The molecule has 0 aromatic heterocycles. The van der Waals surface area contributed by atoms with Crippen molar-refractivity contribution in [2.75, 3.05) is 32.9 Å². The van der Waals surface area contributed by atoms with Crippen molar-refractivity contribution >= 4 is 11.8 Å². The maximum atomic E-state index is 12.1. The van der Waals surface area contributed by atoms with Crippen molar-refractivity contribution in [3.8, 4) is 0 Å². The summed E-state index contributed by atoms with van der Waals surface area (Å²) in [7, 11) is 0. The van der Waals surface area contributed by atoms with E-state index in [2.05, 4.69) is 5.32 Å². The van der Waals surface area contributed by atoms with Gasteiger partial charge in [-0.05, 0) is 25.7 Å². The molecule has 0 saturated carbocycles. The number of likely N-dealkylation sites (tertiary alicyclic amines) is 1.